The van der Waals surface area contributed by atoms with Crippen molar-refractivity contribution in [1.29, 1.82) is 5.41 Å². The van der Waals surface area contributed by atoms with Gasteiger partial charge < -0.3 is 0 Å². The summed E-state index contributed by atoms with van der Waals surface area (Å²) >= 11 is 1.18. The van der Waals surface area contributed by atoms with Crippen LogP contribution in [-0.2, 0) is 6.42 Å². The summed E-state index contributed by atoms with van der Waals surface area (Å²) in [7, 11) is 0. The Kier molecular flexibility index (Phi) is 2.63. The molecule has 0 radical (unpaired) electrons. The van der Waals surface area contributed by atoms with Gasteiger partial charge in [0.05, 0.1) is 10.6 Å². The lowest BCUT2D eigenvalue weighted by Gasteiger charge is -2.13. The van der Waals surface area contributed by atoms with E-state index in [2.05, 4.69) is 0 Å². The molecule has 0 atom stereocenters. The van der Waals surface area contributed by atoms with Gasteiger partial charge in [-0.15, -0.1) is 0 Å². The monoisotopic (exact) mass is 262 g/mol. The van der Waals surface area contributed by atoms with E-state index >= 15 is 0 Å². The molecule has 1 N–H and O–H groups in total. The number of thiazole rings is 1. The summed E-state index contributed by atoms with van der Waals surface area (Å²) in [6.45, 7) is 0. The van der Waals surface area contributed by atoms with Gasteiger partial charge in [0.25, 0.3) is 0 Å². The van der Waals surface area contributed by atoms with Crippen LogP contribution in [0.25, 0.3) is 5.69 Å². The second-order valence-corrected chi connectivity index (χ2v) is 5.27. The van der Waals surface area contributed by atoms with Crippen molar-refractivity contribution in [2.24, 2.45) is 0 Å². The van der Waals surface area contributed by atoms with Gasteiger partial charge >= 0.3 is 0 Å². The average Bonchev–Trinajstić information content (AvgIpc) is 2.67. The number of benzene rings is 1. The molecule has 1 aromatic carbocycles. The molecule has 1 aliphatic carbocycles. The molecule has 0 saturated carbocycles. The number of rotatable bonds is 1. The third-order valence-corrected chi connectivity index (χ3v) is 4.11. The van der Waals surface area contributed by atoms with Crippen molar-refractivity contribution in [3.8, 4) is 5.69 Å². The van der Waals surface area contributed by atoms with E-state index in [1.54, 1.807) is 16.7 Å². The minimum Gasteiger partial charge on any atom is -0.293 e. The zero-order valence-corrected chi connectivity index (χ0v) is 10.4. The Bertz CT molecular complexity index is 687. The quantitative estimate of drug-likeness (QED) is 0.843. The molecule has 0 saturated heterocycles. The highest BCUT2D eigenvalue weighted by atomic mass is 32.1. The predicted octanol–water partition coefficient (Wildman–Crippen LogP) is 2.68. The Balaban J connectivity index is 2.24. The van der Waals surface area contributed by atoms with E-state index in [-0.39, 0.29) is 16.4 Å². The van der Waals surface area contributed by atoms with Gasteiger partial charge in [0.1, 0.15) is 5.82 Å². The van der Waals surface area contributed by atoms with Crippen LogP contribution in [0.5, 0.6) is 0 Å². The molecule has 0 spiro atoms. The number of Topliss-reactive ketones (excluding diaryl/α,β-unsaturated/α-hetero) is 1. The van der Waals surface area contributed by atoms with Crippen LogP contribution >= 0.6 is 11.3 Å². The van der Waals surface area contributed by atoms with E-state index in [1.165, 1.54) is 23.5 Å². The molecule has 0 fully saturated rings. The van der Waals surface area contributed by atoms with E-state index in [4.69, 9.17) is 5.41 Å². The molecular weight excluding hydrogens is 251 g/mol. The number of nitrogens with zero attached hydrogens (tertiary/aromatic N) is 1. The first kappa shape index (κ1) is 11.3. The molecule has 1 aromatic heterocycles. The van der Waals surface area contributed by atoms with Crippen molar-refractivity contribution in [2.75, 3.05) is 0 Å². The van der Waals surface area contributed by atoms with Crippen molar-refractivity contribution >= 4 is 17.1 Å². The molecule has 5 heteroatoms. The lowest BCUT2D eigenvalue weighted by molar-refractivity contribution is 0.0976. The van der Waals surface area contributed by atoms with E-state index in [0.717, 1.165) is 18.5 Å². The number of hydrogen-bond acceptors (Lipinski definition) is 3. The number of aromatic nitrogens is 1. The number of nitrogens with one attached hydrogen (secondary N) is 1. The maximum atomic E-state index is 13.3. The molecule has 1 heterocycles. The topological polar surface area (TPSA) is 45.9 Å². The highest BCUT2D eigenvalue weighted by molar-refractivity contribution is 7.11. The molecule has 3 nitrogen and oxygen atoms in total. The first-order chi connectivity index (χ1) is 8.66. The second-order valence-electron chi connectivity index (χ2n) is 4.28. The molecule has 0 amide bonds. The van der Waals surface area contributed by atoms with Gasteiger partial charge in [-0.3, -0.25) is 14.8 Å². The standard InChI is InChI=1S/C13H11FN2OS/c14-8-3-1-4-9(7-8)16-10-5-2-6-11(17)12(10)18-13(16)15/h1,3-4,7,15H,2,5-6H2. The van der Waals surface area contributed by atoms with Crippen LogP contribution in [0.15, 0.2) is 24.3 Å². The summed E-state index contributed by atoms with van der Waals surface area (Å²) in [5.74, 6) is -0.230. The number of ketones is 1. The highest BCUT2D eigenvalue weighted by Crippen LogP contribution is 2.25. The summed E-state index contributed by atoms with van der Waals surface area (Å²) < 4.78 is 14.9. The summed E-state index contributed by atoms with van der Waals surface area (Å²) in [4.78, 5) is 12.7. The normalized spacial score (nSPS) is 14.6. The third kappa shape index (κ3) is 1.71. The molecular formula is C13H11FN2OS. The zero-order chi connectivity index (χ0) is 12.7. The number of hydrogen-bond donors (Lipinski definition) is 1. The fraction of sp³-hybridized carbons (Fsp3) is 0.231. The van der Waals surface area contributed by atoms with Gasteiger partial charge in [0.15, 0.2) is 10.6 Å². The van der Waals surface area contributed by atoms with Crippen molar-refractivity contribution in [3.63, 3.8) is 0 Å². The minimum absolute atomic E-state index is 0.102. The first-order valence-electron chi connectivity index (χ1n) is 5.75. The predicted molar refractivity (Wildman–Crippen MR) is 66.7 cm³/mol. The Morgan fingerprint density at radius 3 is 2.94 bits per heavy atom. The lowest BCUT2D eigenvalue weighted by atomic mass is 10.0. The van der Waals surface area contributed by atoms with Crippen LogP contribution < -0.4 is 4.80 Å². The number of halogens is 1. The molecule has 0 aliphatic heterocycles. The number of carbonyl (C=O) groups excluding carboxylic acids is 1. The molecule has 92 valence electrons. The Hall–Kier alpha value is -1.75. The van der Waals surface area contributed by atoms with E-state index in [0.29, 0.717) is 17.0 Å². The van der Waals surface area contributed by atoms with Crippen molar-refractivity contribution in [1.82, 2.24) is 4.57 Å². The van der Waals surface area contributed by atoms with Gasteiger partial charge in [-0.05, 0) is 31.0 Å². The average molecular weight is 262 g/mol. The van der Waals surface area contributed by atoms with Crippen LogP contribution in [0, 0.1) is 11.2 Å². The molecule has 2 aromatic rings. The SMILES string of the molecule is N=c1sc2c(n1-c1cccc(F)c1)CCCC2=O. The second kappa shape index (κ2) is 4.17. The van der Waals surface area contributed by atoms with Crippen molar-refractivity contribution in [2.45, 2.75) is 19.3 Å². The number of carbonyl (C=O) groups is 1. The molecule has 0 bridgehead atoms. The van der Waals surface area contributed by atoms with Crippen LogP contribution in [0.3, 0.4) is 0 Å². The van der Waals surface area contributed by atoms with Gasteiger partial charge in [0.2, 0.25) is 0 Å². The van der Waals surface area contributed by atoms with Crippen LogP contribution in [0.1, 0.15) is 28.2 Å². The Morgan fingerprint density at radius 1 is 1.33 bits per heavy atom. The summed E-state index contributed by atoms with van der Waals surface area (Å²) in [5, 5.41) is 7.97. The van der Waals surface area contributed by atoms with E-state index < -0.39 is 0 Å². The van der Waals surface area contributed by atoms with Crippen LogP contribution in [-0.4, -0.2) is 10.4 Å². The summed E-state index contributed by atoms with van der Waals surface area (Å²) in [6.07, 6.45) is 2.13. The van der Waals surface area contributed by atoms with Gasteiger partial charge in [-0.1, -0.05) is 17.4 Å². The van der Waals surface area contributed by atoms with Crippen LogP contribution in [0.4, 0.5) is 4.39 Å². The first-order valence-corrected chi connectivity index (χ1v) is 6.57. The summed E-state index contributed by atoms with van der Waals surface area (Å²) in [5.41, 5.74) is 1.47. The van der Waals surface area contributed by atoms with Gasteiger partial charge in [0, 0.05) is 12.1 Å². The largest absolute Gasteiger partial charge is 0.293 e. The van der Waals surface area contributed by atoms with E-state index in [9.17, 15) is 9.18 Å². The molecule has 3 rings (SSSR count). The highest BCUT2D eigenvalue weighted by Gasteiger charge is 2.23. The summed E-state index contributed by atoms with van der Waals surface area (Å²) in [6, 6.07) is 6.14. The molecule has 0 unspecified atom stereocenters. The van der Waals surface area contributed by atoms with Gasteiger partial charge in [-0.2, -0.15) is 0 Å². The lowest BCUT2D eigenvalue weighted by Crippen LogP contribution is -2.17. The molecule has 18 heavy (non-hydrogen) atoms. The van der Waals surface area contributed by atoms with Crippen molar-refractivity contribution in [3.05, 3.63) is 45.5 Å². The minimum atomic E-state index is -0.332. The Morgan fingerprint density at radius 2 is 2.17 bits per heavy atom. The zero-order valence-electron chi connectivity index (χ0n) is 9.57. The maximum Gasteiger partial charge on any atom is 0.187 e. The maximum absolute atomic E-state index is 13.3. The molecule has 1 aliphatic rings. The smallest absolute Gasteiger partial charge is 0.187 e. The van der Waals surface area contributed by atoms with Gasteiger partial charge in [-0.25, -0.2) is 4.39 Å². The van der Waals surface area contributed by atoms with Crippen molar-refractivity contribution < 1.29 is 9.18 Å². The Labute approximate surface area is 107 Å². The fourth-order valence-electron chi connectivity index (χ4n) is 2.29. The van der Waals surface area contributed by atoms with E-state index in [1.807, 2.05) is 0 Å². The number of fused-ring (bicyclic) bond motifs is 1. The van der Waals surface area contributed by atoms with Crippen LogP contribution in [0.2, 0.25) is 0 Å². The third-order valence-electron chi connectivity index (χ3n) is 3.07. The fourth-order valence-corrected chi connectivity index (χ4v) is 3.31.